The van der Waals surface area contributed by atoms with Crippen molar-refractivity contribution in [2.75, 3.05) is 6.54 Å². The molecule has 0 saturated carbocycles. The number of carbonyl (C=O) groups is 1. The molecule has 1 heterocycles. The lowest BCUT2D eigenvalue weighted by Crippen LogP contribution is -2.42. The molecule has 0 aliphatic rings. The van der Waals surface area contributed by atoms with Gasteiger partial charge >= 0.3 is 6.03 Å². The lowest BCUT2D eigenvalue weighted by Gasteiger charge is -2.15. The predicted octanol–water partition coefficient (Wildman–Crippen LogP) is 1.54. The van der Waals surface area contributed by atoms with Gasteiger partial charge in [-0.15, -0.1) is 6.58 Å². The third-order valence-corrected chi connectivity index (χ3v) is 2.46. The minimum atomic E-state index is -0.133. The monoisotopic (exact) mass is 236 g/mol. The number of carbonyl (C=O) groups excluding carboxylic acids is 1. The molecule has 94 valence electrons. The topological polar surface area (TPSA) is 59.0 Å². The van der Waals surface area contributed by atoms with E-state index < -0.39 is 0 Å². The fourth-order valence-corrected chi connectivity index (χ4v) is 1.48. The Morgan fingerprint density at radius 1 is 1.65 bits per heavy atom. The van der Waals surface area contributed by atoms with E-state index in [4.69, 9.17) is 0 Å². The highest BCUT2D eigenvalue weighted by Gasteiger charge is 2.07. The molecule has 2 N–H and O–H groups in total. The largest absolute Gasteiger partial charge is 0.336 e. The van der Waals surface area contributed by atoms with Crippen LogP contribution in [0.4, 0.5) is 4.79 Å². The average Bonchev–Trinajstić information content (AvgIpc) is 2.81. The highest BCUT2D eigenvalue weighted by Crippen LogP contribution is 1.97. The van der Waals surface area contributed by atoms with Crippen LogP contribution < -0.4 is 10.6 Å². The Hall–Kier alpha value is -1.78. The summed E-state index contributed by atoms with van der Waals surface area (Å²) in [4.78, 5) is 11.5. The second-order valence-electron chi connectivity index (χ2n) is 3.80. The van der Waals surface area contributed by atoms with Crippen LogP contribution in [0, 0.1) is 0 Å². The van der Waals surface area contributed by atoms with Gasteiger partial charge in [0.1, 0.15) is 0 Å². The van der Waals surface area contributed by atoms with E-state index in [1.54, 1.807) is 10.9 Å². The van der Waals surface area contributed by atoms with Crippen molar-refractivity contribution >= 4 is 6.03 Å². The van der Waals surface area contributed by atoms with Crippen molar-refractivity contribution in [1.29, 1.82) is 0 Å². The first-order valence-corrected chi connectivity index (χ1v) is 5.89. The Kier molecular flexibility index (Phi) is 5.85. The minimum Gasteiger partial charge on any atom is -0.336 e. The fourth-order valence-electron chi connectivity index (χ4n) is 1.48. The van der Waals surface area contributed by atoms with Gasteiger partial charge in [0, 0.05) is 25.0 Å². The molecule has 0 radical (unpaired) electrons. The van der Waals surface area contributed by atoms with Crippen LogP contribution in [0.15, 0.2) is 31.1 Å². The smallest absolute Gasteiger partial charge is 0.315 e. The third kappa shape index (κ3) is 5.19. The molecule has 0 saturated heterocycles. The quantitative estimate of drug-likeness (QED) is 0.705. The van der Waals surface area contributed by atoms with Crippen LogP contribution in [0.3, 0.4) is 0 Å². The van der Waals surface area contributed by atoms with E-state index in [-0.39, 0.29) is 12.1 Å². The van der Waals surface area contributed by atoms with Crippen LogP contribution in [-0.2, 0) is 6.54 Å². The van der Waals surface area contributed by atoms with Crippen molar-refractivity contribution in [1.82, 2.24) is 20.4 Å². The maximum Gasteiger partial charge on any atom is 0.315 e. The lowest BCUT2D eigenvalue weighted by atomic mass is 10.1. The van der Waals surface area contributed by atoms with E-state index in [2.05, 4.69) is 22.3 Å². The molecule has 1 atom stereocenters. The van der Waals surface area contributed by atoms with E-state index in [0.29, 0.717) is 13.1 Å². The summed E-state index contributed by atoms with van der Waals surface area (Å²) in [6.45, 7) is 6.95. The van der Waals surface area contributed by atoms with Crippen molar-refractivity contribution in [2.45, 2.75) is 32.4 Å². The number of rotatable bonds is 7. The molecule has 1 rings (SSSR count). The zero-order chi connectivity index (χ0) is 12.5. The number of hydrogen-bond donors (Lipinski definition) is 2. The van der Waals surface area contributed by atoms with Crippen molar-refractivity contribution in [3.63, 3.8) is 0 Å². The highest BCUT2D eigenvalue weighted by atomic mass is 16.2. The predicted molar refractivity (Wildman–Crippen MR) is 67.7 cm³/mol. The molecule has 5 heteroatoms. The average molecular weight is 236 g/mol. The Labute approximate surface area is 102 Å². The molecular weight excluding hydrogens is 216 g/mol. The van der Waals surface area contributed by atoms with Gasteiger partial charge in [0.05, 0.1) is 6.54 Å². The molecule has 0 aliphatic heterocycles. The summed E-state index contributed by atoms with van der Waals surface area (Å²) in [6, 6.07) is 1.89. The Morgan fingerprint density at radius 3 is 3.06 bits per heavy atom. The van der Waals surface area contributed by atoms with Gasteiger partial charge < -0.3 is 10.6 Å². The molecule has 17 heavy (non-hydrogen) atoms. The first kappa shape index (κ1) is 13.3. The van der Waals surface area contributed by atoms with Gasteiger partial charge in [0.2, 0.25) is 0 Å². The molecule has 2 amide bonds. The number of nitrogens with zero attached hydrogens (tertiary/aromatic N) is 2. The summed E-state index contributed by atoms with van der Waals surface area (Å²) >= 11 is 0. The standard InChI is InChI=1S/C12H20N4O/c1-3-6-11(4-2)15-12(17)13-8-10-16-9-5-7-14-16/h3,5,7,9,11H,1,4,6,8,10H2,2H3,(H2,13,15,17). The van der Waals surface area contributed by atoms with E-state index in [1.807, 2.05) is 25.3 Å². The summed E-state index contributed by atoms with van der Waals surface area (Å²) in [5.74, 6) is 0. The minimum absolute atomic E-state index is 0.133. The van der Waals surface area contributed by atoms with Crippen LogP contribution in [0.25, 0.3) is 0 Å². The number of amides is 2. The van der Waals surface area contributed by atoms with E-state index in [1.165, 1.54) is 0 Å². The normalized spacial score (nSPS) is 11.8. The van der Waals surface area contributed by atoms with Gasteiger partial charge in [-0.2, -0.15) is 5.10 Å². The van der Waals surface area contributed by atoms with Crippen molar-refractivity contribution < 1.29 is 4.79 Å². The van der Waals surface area contributed by atoms with E-state index in [9.17, 15) is 4.79 Å². The first-order chi connectivity index (χ1) is 8.26. The molecule has 5 nitrogen and oxygen atoms in total. The number of hydrogen-bond acceptors (Lipinski definition) is 2. The maximum absolute atomic E-state index is 11.5. The summed E-state index contributed by atoms with van der Waals surface area (Å²) in [5, 5.41) is 9.75. The van der Waals surface area contributed by atoms with Gasteiger partial charge in [-0.3, -0.25) is 4.68 Å². The summed E-state index contributed by atoms with van der Waals surface area (Å²) in [5.41, 5.74) is 0. The molecule has 0 spiro atoms. The summed E-state index contributed by atoms with van der Waals surface area (Å²) < 4.78 is 1.78. The van der Waals surface area contributed by atoms with Crippen LogP contribution in [0.2, 0.25) is 0 Å². The van der Waals surface area contributed by atoms with Gasteiger partial charge in [-0.05, 0) is 18.9 Å². The SMILES string of the molecule is C=CCC(CC)NC(=O)NCCn1cccn1. The highest BCUT2D eigenvalue weighted by molar-refractivity contribution is 5.74. The molecule has 0 fully saturated rings. The molecule has 1 unspecified atom stereocenters. The van der Waals surface area contributed by atoms with Crippen LogP contribution in [0.5, 0.6) is 0 Å². The number of nitrogens with one attached hydrogen (secondary N) is 2. The molecule has 1 aromatic rings. The van der Waals surface area contributed by atoms with Gasteiger partial charge in [0.25, 0.3) is 0 Å². The van der Waals surface area contributed by atoms with Crippen LogP contribution in [-0.4, -0.2) is 28.4 Å². The molecular formula is C12H20N4O. The van der Waals surface area contributed by atoms with Gasteiger partial charge in [0.15, 0.2) is 0 Å². The Morgan fingerprint density at radius 2 is 2.47 bits per heavy atom. The van der Waals surface area contributed by atoms with Crippen molar-refractivity contribution in [3.05, 3.63) is 31.1 Å². The molecule has 1 aromatic heterocycles. The lowest BCUT2D eigenvalue weighted by molar-refractivity contribution is 0.236. The third-order valence-electron chi connectivity index (χ3n) is 2.46. The molecule has 0 bridgehead atoms. The molecule has 0 aliphatic carbocycles. The number of urea groups is 1. The van der Waals surface area contributed by atoms with E-state index in [0.717, 1.165) is 12.8 Å². The second-order valence-corrected chi connectivity index (χ2v) is 3.80. The van der Waals surface area contributed by atoms with E-state index >= 15 is 0 Å². The Bertz CT molecular complexity index is 334. The molecule has 0 aromatic carbocycles. The maximum atomic E-state index is 11.5. The van der Waals surface area contributed by atoms with Gasteiger partial charge in [-0.1, -0.05) is 13.0 Å². The second kappa shape index (κ2) is 7.49. The zero-order valence-corrected chi connectivity index (χ0v) is 10.2. The number of aromatic nitrogens is 2. The van der Waals surface area contributed by atoms with Crippen LogP contribution >= 0.6 is 0 Å². The zero-order valence-electron chi connectivity index (χ0n) is 10.2. The summed E-state index contributed by atoms with van der Waals surface area (Å²) in [6.07, 6.45) is 7.10. The van der Waals surface area contributed by atoms with Crippen molar-refractivity contribution in [2.24, 2.45) is 0 Å². The van der Waals surface area contributed by atoms with Crippen LogP contribution in [0.1, 0.15) is 19.8 Å². The van der Waals surface area contributed by atoms with Crippen molar-refractivity contribution in [3.8, 4) is 0 Å². The fraction of sp³-hybridized carbons (Fsp3) is 0.500. The van der Waals surface area contributed by atoms with Gasteiger partial charge in [-0.25, -0.2) is 4.79 Å². The first-order valence-electron chi connectivity index (χ1n) is 5.89. The Balaban J connectivity index is 2.18. The summed E-state index contributed by atoms with van der Waals surface area (Å²) in [7, 11) is 0.